The predicted octanol–water partition coefficient (Wildman–Crippen LogP) is 5.35. The number of halogens is 1. The first-order valence-electron chi connectivity index (χ1n) is 11.3. The molecule has 0 saturated carbocycles. The number of carbonyl (C=O) groups excluding carboxylic acids is 2. The molecule has 2 N–H and O–H groups in total. The lowest BCUT2D eigenvalue weighted by Crippen LogP contribution is -2.35. The van der Waals surface area contributed by atoms with Gasteiger partial charge in [-0.25, -0.2) is 9.78 Å². The van der Waals surface area contributed by atoms with Crippen LogP contribution in [0, 0.1) is 13.8 Å². The highest BCUT2D eigenvalue weighted by Gasteiger charge is 2.21. The van der Waals surface area contributed by atoms with Crippen molar-refractivity contribution < 1.29 is 9.59 Å². The lowest BCUT2D eigenvalue weighted by Gasteiger charge is -2.23. The van der Waals surface area contributed by atoms with Crippen molar-refractivity contribution in [2.75, 3.05) is 41.7 Å². The summed E-state index contributed by atoms with van der Waals surface area (Å²) in [5, 5.41) is 6.31. The van der Waals surface area contributed by atoms with E-state index in [0.29, 0.717) is 35.9 Å². The monoisotopic (exact) mass is 477 g/mol. The minimum absolute atomic E-state index is 0.0147. The molecule has 7 nitrogen and oxygen atoms in total. The van der Waals surface area contributed by atoms with E-state index in [-0.39, 0.29) is 11.9 Å². The largest absolute Gasteiger partial charge is 0.355 e. The van der Waals surface area contributed by atoms with Crippen LogP contribution in [0.1, 0.15) is 27.9 Å². The van der Waals surface area contributed by atoms with E-state index in [1.165, 1.54) is 0 Å². The molecule has 1 aromatic heterocycles. The number of nitrogens with zero attached hydrogens (tertiary/aromatic N) is 3. The van der Waals surface area contributed by atoms with Gasteiger partial charge in [-0.1, -0.05) is 29.3 Å². The smallest absolute Gasteiger partial charge is 0.323 e. The molecule has 1 aliphatic heterocycles. The number of amides is 3. The molecule has 176 valence electrons. The normalized spacial score (nSPS) is 13.9. The number of aryl methyl sites for hydroxylation is 2. The maximum Gasteiger partial charge on any atom is 0.323 e. The molecule has 2 heterocycles. The van der Waals surface area contributed by atoms with Gasteiger partial charge in [0.25, 0.3) is 5.91 Å². The van der Waals surface area contributed by atoms with E-state index in [1.54, 1.807) is 30.5 Å². The average Bonchev–Trinajstić information content (AvgIpc) is 3.08. The molecule has 1 saturated heterocycles. The number of rotatable bonds is 4. The maximum absolute atomic E-state index is 12.8. The van der Waals surface area contributed by atoms with Gasteiger partial charge in [-0.2, -0.15) is 0 Å². The molecule has 34 heavy (non-hydrogen) atoms. The SMILES string of the molecule is Cc1ccc(NC(=O)Nc2ccc(N3CCCN(C(=O)c4ccc(Cl)cc4)CC3)nc2)c(C)c1. The van der Waals surface area contributed by atoms with Crippen molar-refractivity contribution in [1.82, 2.24) is 9.88 Å². The molecular formula is C26H28ClN5O2. The maximum atomic E-state index is 12.8. The lowest BCUT2D eigenvalue weighted by molar-refractivity contribution is 0.0767. The van der Waals surface area contributed by atoms with E-state index in [4.69, 9.17) is 11.6 Å². The quantitative estimate of drug-likeness (QED) is 0.531. The third kappa shape index (κ3) is 5.85. The second-order valence-electron chi connectivity index (χ2n) is 8.44. The van der Waals surface area contributed by atoms with Gasteiger partial charge in [-0.3, -0.25) is 4.79 Å². The van der Waals surface area contributed by atoms with Gasteiger partial charge < -0.3 is 20.4 Å². The number of hydrogen-bond donors (Lipinski definition) is 2. The number of anilines is 3. The van der Waals surface area contributed by atoms with Crippen molar-refractivity contribution in [2.45, 2.75) is 20.3 Å². The van der Waals surface area contributed by atoms with Gasteiger partial charge in [-0.05, 0) is 68.3 Å². The summed E-state index contributed by atoms with van der Waals surface area (Å²) in [6.07, 6.45) is 2.50. The summed E-state index contributed by atoms with van der Waals surface area (Å²) in [6.45, 7) is 6.77. The number of benzene rings is 2. The standard InChI is InChI=1S/C26H28ClN5O2/c1-18-4-10-23(19(2)16-18)30-26(34)29-22-9-11-24(28-17-22)31-12-3-13-32(15-14-31)25(33)20-5-7-21(27)8-6-20/h4-11,16-17H,3,12-15H2,1-2H3,(H2,29,30,34). The third-order valence-electron chi connectivity index (χ3n) is 5.83. The van der Waals surface area contributed by atoms with E-state index >= 15 is 0 Å². The van der Waals surface area contributed by atoms with Crippen molar-refractivity contribution >= 4 is 40.7 Å². The summed E-state index contributed by atoms with van der Waals surface area (Å²) in [5.74, 6) is 0.835. The van der Waals surface area contributed by atoms with Crippen LogP contribution in [0.25, 0.3) is 0 Å². The molecule has 0 aliphatic carbocycles. The Morgan fingerprint density at radius 1 is 0.912 bits per heavy atom. The van der Waals surface area contributed by atoms with E-state index < -0.39 is 0 Å². The second-order valence-corrected chi connectivity index (χ2v) is 8.88. The zero-order valence-electron chi connectivity index (χ0n) is 19.3. The summed E-state index contributed by atoms with van der Waals surface area (Å²) >= 11 is 5.94. The zero-order valence-corrected chi connectivity index (χ0v) is 20.1. The molecular weight excluding hydrogens is 450 g/mol. The van der Waals surface area contributed by atoms with E-state index in [9.17, 15) is 9.59 Å². The van der Waals surface area contributed by atoms with Crippen LogP contribution in [0.2, 0.25) is 5.02 Å². The van der Waals surface area contributed by atoms with Gasteiger partial charge in [0, 0.05) is 42.5 Å². The lowest BCUT2D eigenvalue weighted by atomic mass is 10.1. The van der Waals surface area contributed by atoms with E-state index in [2.05, 4.69) is 20.5 Å². The molecule has 3 aromatic rings. The van der Waals surface area contributed by atoms with E-state index in [1.807, 2.05) is 49.1 Å². The fraction of sp³-hybridized carbons (Fsp3) is 0.269. The number of carbonyl (C=O) groups is 2. The van der Waals surface area contributed by atoms with Crippen LogP contribution in [0.3, 0.4) is 0 Å². The Bertz CT molecular complexity index is 1160. The van der Waals surface area contributed by atoms with Crippen molar-refractivity contribution in [3.63, 3.8) is 0 Å². The number of hydrogen-bond acceptors (Lipinski definition) is 4. The number of urea groups is 1. The molecule has 2 aromatic carbocycles. The predicted molar refractivity (Wildman–Crippen MR) is 137 cm³/mol. The first kappa shape index (κ1) is 23.6. The molecule has 1 fully saturated rings. The Morgan fingerprint density at radius 2 is 1.71 bits per heavy atom. The molecule has 0 spiro atoms. The second kappa shape index (κ2) is 10.6. The van der Waals surface area contributed by atoms with Gasteiger partial charge in [0.05, 0.1) is 11.9 Å². The Kier molecular flexibility index (Phi) is 7.33. The average molecular weight is 478 g/mol. The molecule has 8 heteroatoms. The highest BCUT2D eigenvalue weighted by Crippen LogP contribution is 2.19. The van der Waals surface area contributed by atoms with Crippen molar-refractivity contribution in [1.29, 1.82) is 0 Å². The fourth-order valence-corrected chi connectivity index (χ4v) is 4.14. The summed E-state index contributed by atoms with van der Waals surface area (Å²) in [5.41, 5.74) is 4.18. The summed E-state index contributed by atoms with van der Waals surface area (Å²) in [6, 6.07) is 16.3. The Hall–Kier alpha value is -3.58. The molecule has 0 bridgehead atoms. The van der Waals surface area contributed by atoms with Crippen LogP contribution >= 0.6 is 11.6 Å². The number of aromatic nitrogens is 1. The Balaban J connectivity index is 1.33. The minimum atomic E-state index is -0.312. The Labute approximate surface area is 204 Å². The highest BCUT2D eigenvalue weighted by atomic mass is 35.5. The van der Waals surface area contributed by atoms with Crippen molar-refractivity contribution in [3.8, 4) is 0 Å². The van der Waals surface area contributed by atoms with Crippen molar-refractivity contribution in [3.05, 3.63) is 82.5 Å². The first-order valence-corrected chi connectivity index (χ1v) is 11.7. The molecule has 3 amide bonds. The Morgan fingerprint density at radius 3 is 2.41 bits per heavy atom. The summed E-state index contributed by atoms with van der Waals surface area (Å²) in [4.78, 5) is 33.8. The van der Waals surface area contributed by atoms with Gasteiger partial charge >= 0.3 is 6.03 Å². The molecule has 0 radical (unpaired) electrons. The van der Waals surface area contributed by atoms with Gasteiger partial charge in [0.2, 0.25) is 0 Å². The first-order chi connectivity index (χ1) is 16.4. The van der Waals surface area contributed by atoms with Gasteiger partial charge in [0.15, 0.2) is 0 Å². The summed E-state index contributed by atoms with van der Waals surface area (Å²) < 4.78 is 0. The van der Waals surface area contributed by atoms with Gasteiger partial charge in [0.1, 0.15) is 5.82 Å². The van der Waals surface area contributed by atoms with Gasteiger partial charge in [-0.15, -0.1) is 0 Å². The topological polar surface area (TPSA) is 77.6 Å². The molecule has 0 unspecified atom stereocenters. The van der Waals surface area contributed by atoms with Crippen LogP contribution in [0.4, 0.5) is 22.0 Å². The molecule has 4 rings (SSSR count). The summed E-state index contributed by atoms with van der Waals surface area (Å²) in [7, 11) is 0. The van der Waals surface area contributed by atoms with Crippen LogP contribution in [0.5, 0.6) is 0 Å². The highest BCUT2D eigenvalue weighted by molar-refractivity contribution is 6.30. The van der Waals surface area contributed by atoms with Crippen LogP contribution in [-0.4, -0.2) is 48.0 Å². The number of nitrogens with one attached hydrogen (secondary N) is 2. The third-order valence-corrected chi connectivity index (χ3v) is 6.09. The minimum Gasteiger partial charge on any atom is -0.355 e. The van der Waals surface area contributed by atoms with Crippen LogP contribution in [0.15, 0.2) is 60.8 Å². The number of pyridine rings is 1. The zero-order chi connectivity index (χ0) is 24.1. The van der Waals surface area contributed by atoms with Crippen LogP contribution < -0.4 is 15.5 Å². The van der Waals surface area contributed by atoms with E-state index in [0.717, 1.165) is 35.6 Å². The van der Waals surface area contributed by atoms with Crippen molar-refractivity contribution in [2.24, 2.45) is 0 Å². The van der Waals surface area contributed by atoms with Crippen LogP contribution in [-0.2, 0) is 0 Å². The molecule has 0 atom stereocenters. The fourth-order valence-electron chi connectivity index (χ4n) is 4.01. The molecule has 1 aliphatic rings.